The van der Waals surface area contributed by atoms with Crippen molar-refractivity contribution in [3.05, 3.63) is 39.9 Å². The number of nitrogens with zero attached hydrogens (tertiary/aromatic N) is 2. The predicted octanol–water partition coefficient (Wildman–Crippen LogP) is 2.33. The highest BCUT2D eigenvalue weighted by Crippen LogP contribution is 2.20. The molecule has 1 aromatic carbocycles. The van der Waals surface area contributed by atoms with E-state index in [1.165, 1.54) is 12.1 Å². The molecule has 0 N–H and O–H groups in total. The first-order chi connectivity index (χ1) is 7.70. The van der Waals surface area contributed by atoms with Crippen LogP contribution in [0.15, 0.2) is 29.4 Å². The van der Waals surface area contributed by atoms with Crippen LogP contribution >= 0.6 is 11.6 Å². The van der Waals surface area contributed by atoms with Gasteiger partial charge in [-0.1, -0.05) is 17.3 Å². The van der Waals surface area contributed by atoms with Gasteiger partial charge in [0, 0.05) is 24.1 Å². The van der Waals surface area contributed by atoms with E-state index in [1.807, 2.05) is 0 Å². The van der Waals surface area contributed by atoms with Gasteiger partial charge in [0.15, 0.2) is 0 Å². The summed E-state index contributed by atoms with van der Waals surface area (Å²) in [6.07, 6.45) is 0.459. The maximum atomic E-state index is 10.6. The molecule has 1 atom stereocenters. The normalized spacial score (nSPS) is 19.1. The molecule has 2 rings (SSSR count). The van der Waals surface area contributed by atoms with Crippen LogP contribution in [0.2, 0.25) is 0 Å². The highest BCUT2D eigenvalue weighted by Gasteiger charge is 2.22. The highest BCUT2D eigenvalue weighted by molar-refractivity contribution is 6.18. The minimum absolute atomic E-state index is 0.0505. The Hall–Kier alpha value is -1.62. The van der Waals surface area contributed by atoms with E-state index in [1.54, 1.807) is 12.1 Å². The third-order valence-electron chi connectivity index (χ3n) is 2.30. The van der Waals surface area contributed by atoms with Crippen molar-refractivity contribution in [1.29, 1.82) is 0 Å². The topological polar surface area (TPSA) is 64.7 Å². The van der Waals surface area contributed by atoms with E-state index < -0.39 is 4.92 Å². The van der Waals surface area contributed by atoms with Crippen LogP contribution in [0.4, 0.5) is 5.69 Å². The molecule has 84 valence electrons. The predicted molar refractivity (Wildman–Crippen MR) is 59.8 cm³/mol. The van der Waals surface area contributed by atoms with Gasteiger partial charge in [0.2, 0.25) is 0 Å². The van der Waals surface area contributed by atoms with E-state index in [4.69, 9.17) is 16.4 Å². The summed E-state index contributed by atoms with van der Waals surface area (Å²) in [6, 6.07) is 6.33. The summed E-state index contributed by atoms with van der Waals surface area (Å²) in [6.45, 7) is 0. The summed E-state index contributed by atoms with van der Waals surface area (Å²) in [4.78, 5) is 15.2. The second kappa shape index (κ2) is 4.49. The summed E-state index contributed by atoms with van der Waals surface area (Å²) in [5.74, 6) is 0.363. The average Bonchev–Trinajstić information content (AvgIpc) is 2.77. The molecule has 0 radical (unpaired) electrons. The smallest absolute Gasteiger partial charge is 0.270 e. The number of hydrogen-bond acceptors (Lipinski definition) is 4. The zero-order valence-corrected chi connectivity index (χ0v) is 9.05. The second-order valence-corrected chi connectivity index (χ2v) is 3.74. The summed E-state index contributed by atoms with van der Waals surface area (Å²) < 4.78 is 0. The zero-order valence-electron chi connectivity index (χ0n) is 8.30. The highest BCUT2D eigenvalue weighted by atomic mass is 35.5. The summed E-state index contributed by atoms with van der Waals surface area (Å²) in [5.41, 5.74) is 1.46. The van der Waals surface area contributed by atoms with Crippen LogP contribution in [0.3, 0.4) is 0 Å². The van der Waals surface area contributed by atoms with Crippen LogP contribution in [0.25, 0.3) is 0 Å². The fraction of sp³-hybridized carbons (Fsp3) is 0.300. The molecule has 1 heterocycles. The van der Waals surface area contributed by atoms with Crippen molar-refractivity contribution in [2.24, 2.45) is 5.16 Å². The van der Waals surface area contributed by atoms with Gasteiger partial charge in [0.05, 0.1) is 16.5 Å². The Kier molecular flexibility index (Phi) is 3.05. The number of oxime groups is 1. The number of nitro benzene ring substituents is 1. The van der Waals surface area contributed by atoms with Gasteiger partial charge < -0.3 is 4.84 Å². The molecular formula is C10H9ClN2O3. The zero-order chi connectivity index (χ0) is 11.5. The first-order valence-electron chi connectivity index (χ1n) is 4.74. The molecule has 16 heavy (non-hydrogen) atoms. The number of benzene rings is 1. The summed E-state index contributed by atoms with van der Waals surface area (Å²) in [5, 5.41) is 14.5. The lowest BCUT2D eigenvalue weighted by atomic mass is 10.1. The second-order valence-electron chi connectivity index (χ2n) is 3.43. The lowest BCUT2D eigenvalue weighted by Crippen LogP contribution is -2.09. The number of rotatable bonds is 3. The van der Waals surface area contributed by atoms with Gasteiger partial charge in [0.1, 0.15) is 6.10 Å². The molecule has 0 fully saturated rings. The van der Waals surface area contributed by atoms with Gasteiger partial charge in [-0.05, 0) is 0 Å². The van der Waals surface area contributed by atoms with Gasteiger partial charge in [-0.15, -0.1) is 11.6 Å². The van der Waals surface area contributed by atoms with Crippen molar-refractivity contribution in [1.82, 2.24) is 0 Å². The van der Waals surface area contributed by atoms with Crippen LogP contribution in [-0.4, -0.2) is 22.6 Å². The molecule has 1 aromatic rings. The van der Waals surface area contributed by atoms with E-state index in [0.717, 1.165) is 0 Å². The fourth-order valence-electron chi connectivity index (χ4n) is 1.48. The molecule has 1 aliphatic heterocycles. The van der Waals surface area contributed by atoms with Crippen molar-refractivity contribution in [3.8, 4) is 0 Å². The first-order valence-corrected chi connectivity index (χ1v) is 5.27. The van der Waals surface area contributed by atoms with Crippen LogP contribution < -0.4 is 0 Å². The number of nitro groups is 1. The van der Waals surface area contributed by atoms with E-state index in [0.29, 0.717) is 23.6 Å². The third-order valence-corrected chi connectivity index (χ3v) is 2.64. The van der Waals surface area contributed by atoms with E-state index >= 15 is 0 Å². The Morgan fingerprint density at radius 2 is 2.44 bits per heavy atom. The van der Waals surface area contributed by atoms with Gasteiger partial charge in [-0.3, -0.25) is 10.1 Å². The molecular weight excluding hydrogens is 232 g/mol. The van der Waals surface area contributed by atoms with Crippen molar-refractivity contribution < 1.29 is 9.76 Å². The number of halogens is 1. The summed E-state index contributed by atoms with van der Waals surface area (Å²) >= 11 is 5.64. The molecule has 0 bridgehead atoms. The van der Waals surface area contributed by atoms with Crippen LogP contribution in [0, 0.1) is 10.1 Å². The SMILES string of the molecule is O=[N+]([O-])c1cccc(C2=NOC(CCl)C2)c1. The van der Waals surface area contributed by atoms with E-state index in [-0.39, 0.29) is 11.8 Å². The monoisotopic (exact) mass is 240 g/mol. The molecule has 1 aliphatic rings. The molecule has 1 unspecified atom stereocenters. The maximum absolute atomic E-state index is 10.6. The quantitative estimate of drug-likeness (QED) is 0.463. The molecule has 0 aliphatic carbocycles. The lowest BCUT2D eigenvalue weighted by molar-refractivity contribution is -0.384. The van der Waals surface area contributed by atoms with E-state index in [2.05, 4.69) is 5.16 Å². The fourth-order valence-corrected chi connectivity index (χ4v) is 1.65. The number of non-ortho nitro benzene ring substituents is 1. The van der Waals surface area contributed by atoms with Crippen molar-refractivity contribution in [2.45, 2.75) is 12.5 Å². The lowest BCUT2D eigenvalue weighted by Gasteiger charge is -2.01. The minimum atomic E-state index is -0.432. The van der Waals surface area contributed by atoms with Gasteiger partial charge >= 0.3 is 0 Å². The molecule has 0 saturated heterocycles. The van der Waals surface area contributed by atoms with Crippen molar-refractivity contribution >= 4 is 23.0 Å². The Bertz CT molecular complexity index is 447. The Morgan fingerprint density at radius 1 is 1.62 bits per heavy atom. The van der Waals surface area contributed by atoms with Crippen LogP contribution in [0.1, 0.15) is 12.0 Å². The third kappa shape index (κ3) is 2.14. The molecule has 0 aromatic heterocycles. The maximum Gasteiger partial charge on any atom is 0.270 e. The molecule has 0 amide bonds. The average molecular weight is 241 g/mol. The standard InChI is InChI=1S/C10H9ClN2O3/c11-6-9-5-10(12-16-9)7-2-1-3-8(4-7)13(14)15/h1-4,9H,5-6H2. The number of hydrogen-bond donors (Lipinski definition) is 0. The first kappa shape index (κ1) is 10.9. The number of alkyl halides is 1. The van der Waals surface area contributed by atoms with Crippen LogP contribution in [-0.2, 0) is 4.84 Å². The van der Waals surface area contributed by atoms with Crippen molar-refractivity contribution in [2.75, 3.05) is 5.88 Å². The van der Waals surface area contributed by atoms with Crippen molar-refractivity contribution in [3.63, 3.8) is 0 Å². The van der Waals surface area contributed by atoms with Gasteiger partial charge in [-0.25, -0.2) is 0 Å². The van der Waals surface area contributed by atoms with E-state index in [9.17, 15) is 10.1 Å². The molecule has 6 heteroatoms. The van der Waals surface area contributed by atoms with Crippen LogP contribution in [0.5, 0.6) is 0 Å². The molecule has 0 spiro atoms. The minimum Gasteiger partial charge on any atom is -0.391 e. The largest absolute Gasteiger partial charge is 0.391 e. The molecule has 0 saturated carbocycles. The van der Waals surface area contributed by atoms with Gasteiger partial charge in [0.25, 0.3) is 5.69 Å². The van der Waals surface area contributed by atoms with Gasteiger partial charge in [-0.2, -0.15) is 0 Å². The molecule has 5 nitrogen and oxygen atoms in total. The Balaban J connectivity index is 2.22. The Labute approximate surface area is 96.8 Å². The summed E-state index contributed by atoms with van der Waals surface area (Å²) in [7, 11) is 0. The Morgan fingerprint density at radius 3 is 3.06 bits per heavy atom.